The lowest BCUT2D eigenvalue weighted by Gasteiger charge is -2.03. The molecule has 1 aliphatic rings. The van der Waals surface area contributed by atoms with Crippen LogP contribution in [0.3, 0.4) is 0 Å². The summed E-state index contributed by atoms with van der Waals surface area (Å²) in [5.41, 5.74) is 0. The van der Waals surface area contributed by atoms with Crippen molar-refractivity contribution in [2.45, 2.75) is 31.8 Å². The summed E-state index contributed by atoms with van der Waals surface area (Å²) < 4.78 is 15.3. The third-order valence-electron chi connectivity index (χ3n) is 2.30. The molecule has 16 heavy (non-hydrogen) atoms. The third kappa shape index (κ3) is 7.43. The van der Waals surface area contributed by atoms with Crippen LogP contribution in [-0.4, -0.2) is 38.5 Å². The summed E-state index contributed by atoms with van der Waals surface area (Å²) in [6.07, 6.45) is 5.69. The van der Waals surface area contributed by atoms with Gasteiger partial charge in [-0.15, -0.1) is 0 Å². The lowest BCUT2D eigenvalue weighted by molar-refractivity contribution is -0.137. The van der Waals surface area contributed by atoms with Gasteiger partial charge >= 0.3 is 5.97 Å². The Morgan fingerprint density at radius 3 is 2.62 bits per heavy atom. The Kier molecular flexibility index (Phi) is 6.85. The normalized spacial score (nSPS) is 18.1. The number of esters is 1. The van der Waals surface area contributed by atoms with Crippen molar-refractivity contribution in [3.05, 3.63) is 12.7 Å². The molecule has 4 nitrogen and oxygen atoms in total. The number of hydrogen-bond acceptors (Lipinski definition) is 4. The summed E-state index contributed by atoms with van der Waals surface area (Å²) in [5, 5.41) is 0. The minimum atomic E-state index is -0.340. The van der Waals surface area contributed by atoms with Crippen LogP contribution in [0.25, 0.3) is 0 Å². The first-order valence-corrected chi connectivity index (χ1v) is 5.81. The van der Waals surface area contributed by atoms with Crippen LogP contribution in [0.1, 0.15) is 25.7 Å². The monoisotopic (exact) mass is 228 g/mol. The van der Waals surface area contributed by atoms with Crippen LogP contribution in [0.15, 0.2) is 12.7 Å². The fraction of sp³-hybridized carbons (Fsp3) is 0.750. The summed E-state index contributed by atoms with van der Waals surface area (Å²) in [6.45, 7) is 6.20. The molecule has 1 unspecified atom stereocenters. The minimum absolute atomic E-state index is 0.340. The van der Waals surface area contributed by atoms with Crippen molar-refractivity contribution < 1.29 is 19.0 Å². The molecule has 1 heterocycles. The van der Waals surface area contributed by atoms with Crippen molar-refractivity contribution in [2.24, 2.45) is 0 Å². The van der Waals surface area contributed by atoms with E-state index in [0.717, 1.165) is 45.5 Å². The van der Waals surface area contributed by atoms with Crippen LogP contribution in [0.4, 0.5) is 0 Å². The Bertz CT molecular complexity index is 211. The van der Waals surface area contributed by atoms with Gasteiger partial charge in [-0.2, -0.15) is 0 Å². The van der Waals surface area contributed by atoms with Crippen LogP contribution < -0.4 is 0 Å². The SMILES string of the molecule is C=CC(=O)OCCCCCCOCC1CO1. The summed E-state index contributed by atoms with van der Waals surface area (Å²) in [7, 11) is 0. The van der Waals surface area contributed by atoms with Crippen LogP contribution >= 0.6 is 0 Å². The van der Waals surface area contributed by atoms with E-state index in [2.05, 4.69) is 6.58 Å². The van der Waals surface area contributed by atoms with Crippen molar-refractivity contribution in [1.82, 2.24) is 0 Å². The quantitative estimate of drug-likeness (QED) is 0.247. The fourth-order valence-electron chi connectivity index (χ4n) is 1.27. The molecular weight excluding hydrogens is 208 g/mol. The smallest absolute Gasteiger partial charge is 0.330 e. The van der Waals surface area contributed by atoms with Crippen molar-refractivity contribution >= 4 is 5.97 Å². The molecule has 0 amide bonds. The highest BCUT2D eigenvalue weighted by Crippen LogP contribution is 2.09. The summed E-state index contributed by atoms with van der Waals surface area (Å²) in [4.78, 5) is 10.7. The van der Waals surface area contributed by atoms with Gasteiger partial charge in [-0.1, -0.05) is 13.0 Å². The van der Waals surface area contributed by atoms with Gasteiger partial charge in [-0.3, -0.25) is 0 Å². The van der Waals surface area contributed by atoms with Gasteiger partial charge in [0.05, 0.1) is 19.8 Å². The third-order valence-corrected chi connectivity index (χ3v) is 2.30. The van der Waals surface area contributed by atoms with Crippen molar-refractivity contribution in [3.63, 3.8) is 0 Å². The molecule has 1 aliphatic heterocycles. The van der Waals surface area contributed by atoms with Crippen molar-refractivity contribution in [3.8, 4) is 0 Å². The molecule has 92 valence electrons. The number of rotatable bonds is 10. The van der Waals surface area contributed by atoms with Crippen molar-refractivity contribution in [1.29, 1.82) is 0 Å². The Morgan fingerprint density at radius 2 is 2.00 bits per heavy atom. The number of epoxide rings is 1. The first-order chi connectivity index (χ1) is 7.83. The zero-order valence-corrected chi connectivity index (χ0v) is 9.65. The Labute approximate surface area is 96.6 Å². The van der Waals surface area contributed by atoms with E-state index < -0.39 is 0 Å². The zero-order chi connectivity index (χ0) is 11.6. The van der Waals surface area contributed by atoms with Gasteiger partial charge in [0.1, 0.15) is 6.10 Å². The lowest BCUT2D eigenvalue weighted by atomic mass is 10.2. The average Bonchev–Trinajstić information content (AvgIpc) is 3.10. The summed E-state index contributed by atoms with van der Waals surface area (Å²) in [5.74, 6) is -0.340. The van der Waals surface area contributed by atoms with E-state index in [1.165, 1.54) is 6.08 Å². The Morgan fingerprint density at radius 1 is 1.31 bits per heavy atom. The van der Waals surface area contributed by atoms with E-state index in [4.69, 9.17) is 14.2 Å². The van der Waals surface area contributed by atoms with Gasteiger partial charge < -0.3 is 14.2 Å². The van der Waals surface area contributed by atoms with E-state index in [0.29, 0.717) is 12.7 Å². The van der Waals surface area contributed by atoms with Crippen LogP contribution in [-0.2, 0) is 19.0 Å². The Hall–Kier alpha value is -0.870. The van der Waals surface area contributed by atoms with Gasteiger partial charge in [0.2, 0.25) is 0 Å². The van der Waals surface area contributed by atoms with Gasteiger partial charge in [-0.25, -0.2) is 4.79 Å². The van der Waals surface area contributed by atoms with Gasteiger partial charge in [0.15, 0.2) is 0 Å². The predicted molar refractivity (Wildman–Crippen MR) is 60.2 cm³/mol. The summed E-state index contributed by atoms with van der Waals surface area (Å²) in [6, 6.07) is 0. The van der Waals surface area contributed by atoms with E-state index in [1.54, 1.807) is 0 Å². The molecule has 0 aromatic rings. The highest BCUT2D eigenvalue weighted by Gasteiger charge is 2.21. The average molecular weight is 228 g/mol. The zero-order valence-electron chi connectivity index (χ0n) is 9.65. The lowest BCUT2D eigenvalue weighted by Crippen LogP contribution is -2.03. The van der Waals surface area contributed by atoms with Gasteiger partial charge in [-0.05, 0) is 19.3 Å². The van der Waals surface area contributed by atoms with E-state index in [-0.39, 0.29) is 5.97 Å². The topological polar surface area (TPSA) is 48.1 Å². The number of hydrogen-bond donors (Lipinski definition) is 0. The largest absolute Gasteiger partial charge is 0.463 e. The highest BCUT2D eigenvalue weighted by atomic mass is 16.6. The highest BCUT2D eigenvalue weighted by molar-refractivity contribution is 5.81. The second-order valence-electron chi connectivity index (χ2n) is 3.82. The first-order valence-electron chi connectivity index (χ1n) is 5.81. The Balaban J connectivity index is 1.70. The molecule has 0 aliphatic carbocycles. The minimum Gasteiger partial charge on any atom is -0.463 e. The maximum absolute atomic E-state index is 10.7. The first kappa shape index (κ1) is 13.2. The summed E-state index contributed by atoms with van der Waals surface area (Å²) >= 11 is 0. The van der Waals surface area contributed by atoms with Crippen LogP contribution in [0.2, 0.25) is 0 Å². The van der Waals surface area contributed by atoms with Crippen LogP contribution in [0.5, 0.6) is 0 Å². The standard InChI is InChI=1S/C12H20O4/c1-2-12(13)15-8-6-4-3-5-7-14-9-11-10-16-11/h2,11H,1,3-10H2. The molecule has 0 aromatic carbocycles. The molecule has 0 spiro atoms. The molecule has 0 radical (unpaired) electrons. The molecule has 0 N–H and O–H groups in total. The number of unbranched alkanes of at least 4 members (excludes halogenated alkanes) is 3. The second kappa shape index (κ2) is 8.30. The number of carbonyl (C=O) groups is 1. The van der Waals surface area contributed by atoms with E-state index >= 15 is 0 Å². The van der Waals surface area contributed by atoms with E-state index in [9.17, 15) is 4.79 Å². The fourth-order valence-corrected chi connectivity index (χ4v) is 1.27. The molecule has 0 saturated carbocycles. The molecule has 1 atom stereocenters. The number of carbonyl (C=O) groups excluding carboxylic acids is 1. The maximum atomic E-state index is 10.7. The molecule has 0 aromatic heterocycles. The molecule has 4 heteroatoms. The molecule has 0 bridgehead atoms. The second-order valence-corrected chi connectivity index (χ2v) is 3.82. The van der Waals surface area contributed by atoms with E-state index in [1.807, 2.05) is 0 Å². The maximum Gasteiger partial charge on any atom is 0.330 e. The predicted octanol–water partition coefficient (Wildman–Crippen LogP) is 1.69. The molecule has 1 saturated heterocycles. The molecule has 1 fully saturated rings. The molecule has 1 rings (SSSR count). The molecular formula is C12H20O4. The number of ether oxygens (including phenoxy) is 3. The van der Waals surface area contributed by atoms with Crippen LogP contribution in [0, 0.1) is 0 Å². The van der Waals surface area contributed by atoms with Gasteiger partial charge in [0, 0.05) is 12.7 Å². The van der Waals surface area contributed by atoms with Crippen molar-refractivity contribution in [2.75, 3.05) is 26.4 Å². The van der Waals surface area contributed by atoms with Gasteiger partial charge in [0.25, 0.3) is 0 Å².